The van der Waals surface area contributed by atoms with Crippen LogP contribution in [0, 0.1) is 0 Å². The third kappa shape index (κ3) is 2.96. The largest absolute Gasteiger partial charge is 0.416 e. The number of hydrogen-bond acceptors (Lipinski definition) is 2. The average molecular weight is 269 g/mol. The highest BCUT2D eigenvalue weighted by molar-refractivity contribution is 5.32. The Kier molecular flexibility index (Phi) is 3.61. The Morgan fingerprint density at radius 3 is 2.53 bits per heavy atom. The van der Waals surface area contributed by atoms with Gasteiger partial charge in [0.25, 0.3) is 0 Å². The minimum absolute atomic E-state index is 0.358. The van der Waals surface area contributed by atoms with Crippen LogP contribution in [-0.4, -0.2) is 16.8 Å². The van der Waals surface area contributed by atoms with Crippen LogP contribution in [0.1, 0.15) is 22.9 Å². The fourth-order valence-corrected chi connectivity index (χ4v) is 1.97. The quantitative estimate of drug-likeness (QED) is 0.928. The molecule has 0 aliphatic heterocycles. The molecule has 6 heteroatoms. The van der Waals surface area contributed by atoms with E-state index in [-0.39, 0.29) is 6.04 Å². The number of alkyl halides is 3. The first-order chi connectivity index (χ1) is 8.91. The van der Waals surface area contributed by atoms with Gasteiger partial charge >= 0.3 is 6.18 Å². The zero-order chi connectivity index (χ0) is 14.0. The summed E-state index contributed by atoms with van der Waals surface area (Å²) in [4.78, 5) is 0. The van der Waals surface area contributed by atoms with E-state index in [0.717, 1.165) is 12.1 Å². The van der Waals surface area contributed by atoms with E-state index in [1.54, 1.807) is 37.1 Å². The van der Waals surface area contributed by atoms with Gasteiger partial charge in [0.15, 0.2) is 0 Å². The Bertz CT molecular complexity index is 560. The fraction of sp³-hybridized carbons (Fsp3) is 0.308. The zero-order valence-corrected chi connectivity index (χ0v) is 10.6. The van der Waals surface area contributed by atoms with Gasteiger partial charge in [0.1, 0.15) is 0 Å². The standard InChI is InChI=1S/C13H14F3N3/c1-17-12(11-6-7-19(2)18-11)9-4-3-5-10(8-9)13(14,15)16/h3-8,12,17H,1-2H3. The maximum atomic E-state index is 12.7. The first-order valence-electron chi connectivity index (χ1n) is 5.76. The molecule has 3 nitrogen and oxygen atoms in total. The second kappa shape index (κ2) is 5.05. The molecule has 0 amide bonds. The third-order valence-electron chi connectivity index (χ3n) is 2.87. The van der Waals surface area contributed by atoms with Crippen molar-refractivity contribution in [3.05, 3.63) is 53.3 Å². The average Bonchev–Trinajstić information content (AvgIpc) is 2.76. The second-order valence-electron chi connectivity index (χ2n) is 4.26. The van der Waals surface area contributed by atoms with E-state index in [2.05, 4.69) is 10.4 Å². The molecule has 0 saturated heterocycles. The Morgan fingerprint density at radius 2 is 2.00 bits per heavy atom. The fourth-order valence-electron chi connectivity index (χ4n) is 1.97. The molecule has 1 heterocycles. The van der Waals surface area contributed by atoms with Crippen LogP contribution in [0.2, 0.25) is 0 Å². The maximum Gasteiger partial charge on any atom is 0.416 e. The summed E-state index contributed by atoms with van der Waals surface area (Å²) in [6, 6.07) is 6.70. The van der Waals surface area contributed by atoms with Crippen LogP contribution in [0.25, 0.3) is 0 Å². The smallest absolute Gasteiger partial charge is 0.308 e. The summed E-state index contributed by atoms with van der Waals surface area (Å²) in [7, 11) is 3.46. The van der Waals surface area contributed by atoms with Crippen LogP contribution in [0.5, 0.6) is 0 Å². The molecule has 1 aromatic heterocycles. The normalized spacial score (nSPS) is 13.5. The molecule has 2 aromatic rings. The van der Waals surface area contributed by atoms with Crippen LogP contribution in [-0.2, 0) is 13.2 Å². The minimum atomic E-state index is -4.33. The monoisotopic (exact) mass is 269 g/mol. The van der Waals surface area contributed by atoms with Gasteiger partial charge in [-0.2, -0.15) is 18.3 Å². The highest BCUT2D eigenvalue weighted by Crippen LogP contribution is 2.31. The van der Waals surface area contributed by atoms with Crippen molar-refractivity contribution < 1.29 is 13.2 Å². The van der Waals surface area contributed by atoms with Gasteiger partial charge in [0.05, 0.1) is 17.3 Å². The summed E-state index contributed by atoms with van der Waals surface area (Å²) >= 11 is 0. The van der Waals surface area contributed by atoms with Crippen molar-refractivity contribution >= 4 is 0 Å². The lowest BCUT2D eigenvalue weighted by atomic mass is 10.0. The highest BCUT2D eigenvalue weighted by atomic mass is 19.4. The topological polar surface area (TPSA) is 29.9 Å². The number of hydrogen-bond donors (Lipinski definition) is 1. The van der Waals surface area contributed by atoms with Crippen molar-refractivity contribution in [2.24, 2.45) is 7.05 Å². The van der Waals surface area contributed by atoms with Crippen molar-refractivity contribution in [3.8, 4) is 0 Å². The van der Waals surface area contributed by atoms with Crippen molar-refractivity contribution in [2.75, 3.05) is 7.05 Å². The van der Waals surface area contributed by atoms with Crippen molar-refractivity contribution in [2.45, 2.75) is 12.2 Å². The lowest BCUT2D eigenvalue weighted by Gasteiger charge is -2.16. The summed E-state index contributed by atoms with van der Waals surface area (Å²) in [5, 5.41) is 7.21. The second-order valence-corrected chi connectivity index (χ2v) is 4.26. The summed E-state index contributed by atoms with van der Waals surface area (Å²) in [6.45, 7) is 0. The van der Waals surface area contributed by atoms with Crippen LogP contribution in [0.3, 0.4) is 0 Å². The molecule has 0 radical (unpaired) electrons. The zero-order valence-electron chi connectivity index (χ0n) is 10.6. The Labute approximate surface area is 109 Å². The summed E-state index contributed by atoms with van der Waals surface area (Å²) in [5.41, 5.74) is 0.571. The summed E-state index contributed by atoms with van der Waals surface area (Å²) in [5.74, 6) is 0. The number of aromatic nitrogens is 2. The molecule has 0 bridgehead atoms. The molecular formula is C13H14F3N3. The number of aryl methyl sites for hydroxylation is 1. The predicted octanol–water partition coefficient (Wildman–Crippen LogP) is 2.75. The van der Waals surface area contributed by atoms with Gasteiger partial charge in [-0.15, -0.1) is 0 Å². The Morgan fingerprint density at radius 1 is 1.26 bits per heavy atom. The predicted molar refractivity (Wildman–Crippen MR) is 65.6 cm³/mol. The lowest BCUT2D eigenvalue weighted by molar-refractivity contribution is -0.137. The Hall–Kier alpha value is -1.82. The van der Waals surface area contributed by atoms with Crippen LogP contribution in [0.4, 0.5) is 13.2 Å². The van der Waals surface area contributed by atoms with Gasteiger partial charge < -0.3 is 5.32 Å². The molecule has 0 aliphatic rings. The Balaban J connectivity index is 2.39. The van der Waals surface area contributed by atoms with E-state index in [4.69, 9.17) is 0 Å². The van der Waals surface area contributed by atoms with Crippen molar-refractivity contribution in [1.82, 2.24) is 15.1 Å². The van der Waals surface area contributed by atoms with Crippen LogP contribution >= 0.6 is 0 Å². The molecular weight excluding hydrogens is 255 g/mol. The van der Waals surface area contributed by atoms with Crippen LogP contribution < -0.4 is 5.32 Å². The summed E-state index contributed by atoms with van der Waals surface area (Å²) < 4.78 is 39.7. The molecule has 1 atom stereocenters. The summed E-state index contributed by atoms with van der Waals surface area (Å²) in [6.07, 6.45) is -2.58. The molecule has 0 aliphatic carbocycles. The van der Waals surface area contributed by atoms with Gasteiger partial charge in [-0.3, -0.25) is 4.68 Å². The molecule has 1 N–H and O–H groups in total. The van der Waals surface area contributed by atoms with Crippen molar-refractivity contribution in [1.29, 1.82) is 0 Å². The molecule has 2 rings (SSSR count). The number of benzene rings is 1. The molecule has 19 heavy (non-hydrogen) atoms. The number of nitrogens with zero attached hydrogens (tertiary/aromatic N) is 2. The lowest BCUT2D eigenvalue weighted by Crippen LogP contribution is -2.19. The molecule has 0 saturated carbocycles. The van der Waals surface area contributed by atoms with Gasteiger partial charge in [-0.1, -0.05) is 12.1 Å². The van der Waals surface area contributed by atoms with Gasteiger partial charge in [-0.25, -0.2) is 0 Å². The van der Waals surface area contributed by atoms with E-state index in [9.17, 15) is 13.2 Å². The van der Waals surface area contributed by atoms with Crippen molar-refractivity contribution in [3.63, 3.8) is 0 Å². The van der Waals surface area contributed by atoms with E-state index in [1.807, 2.05) is 0 Å². The third-order valence-corrected chi connectivity index (χ3v) is 2.87. The molecule has 102 valence electrons. The molecule has 0 fully saturated rings. The molecule has 1 aromatic carbocycles. The van der Waals surface area contributed by atoms with Gasteiger partial charge in [0.2, 0.25) is 0 Å². The SMILES string of the molecule is CNC(c1cccc(C(F)(F)F)c1)c1ccn(C)n1. The van der Waals surface area contributed by atoms with E-state index < -0.39 is 11.7 Å². The minimum Gasteiger partial charge on any atom is -0.308 e. The highest BCUT2D eigenvalue weighted by Gasteiger charge is 2.31. The van der Waals surface area contributed by atoms with Crippen LogP contribution in [0.15, 0.2) is 36.5 Å². The van der Waals surface area contributed by atoms with E-state index in [1.165, 1.54) is 6.07 Å². The van der Waals surface area contributed by atoms with E-state index in [0.29, 0.717) is 11.3 Å². The van der Waals surface area contributed by atoms with Gasteiger partial charge in [0, 0.05) is 13.2 Å². The number of rotatable bonds is 3. The molecule has 1 unspecified atom stereocenters. The first-order valence-corrected chi connectivity index (χ1v) is 5.76. The molecule has 0 spiro atoms. The number of halogens is 3. The van der Waals surface area contributed by atoms with Gasteiger partial charge in [-0.05, 0) is 30.8 Å². The van der Waals surface area contributed by atoms with E-state index >= 15 is 0 Å². The maximum absolute atomic E-state index is 12.7. The number of nitrogens with one attached hydrogen (secondary N) is 1. The first kappa shape index (κ1) is 13.6.